The highest BCUT2D eigenvalue weighted by atomic mass is 16.7. The molecule has 120 valence electrons. The number of hydrogen-bond donors (Lipinski definition) is 1. The van der Waals surface area contributed by atoms with Gasteiger partial charge in [-0.2, -0.15) is 0 Å². The van der Waals surface area contributed by atoms with E-state index in [4.69, 9.17) is 9.84 Å². The predicted octanol–water partition coefficient (Wildman–Crippen LogP) is 5.18. The van der Waals surface area contributed by atoms with Crippen LogP contribution in [0.1, 0.15) is 17.0 Å². The SMILES string of the molecule is O=C(O)OCC(c1ccccc1)c1ccccc1-c1ccccc1. The summed E-state index contributed by atoms with van der Waals surface area (Å²) in [4.78, 5) is 10.9. The van der Waals surface area contributed by atoms with E-state index in [1.807, 2.05) is 66.7 Å². The van der Waals surface area contributed by atoms with Gasteiger partial charge in [-0.3, -0.25) is 0 Å². The van der Waals surface area contributed by atoms with Gasteiger partial charge in [-0.15, -0.1) is 0 Å². The van der Waals surface area contributed by atoms with Crippen molar-refractivity contribution in [3.63, 3.8) is 0 Å². The minimum absolute atomic E-state index is 0.0865. The Balaban J connectivity index is 2.06. The molecule has 0 saturated carbocycles. The predicted molar refractivity (Wildman–Crippen MR) is 94.1 cm³/mol. The molecule has 0 amide bonds. The van der Waals surface area contributed by atoms with Crippen molar-refractivity contribution in [1.82, 2.24) is 0 Å². The molecule has 0 saturated heterocycles. The lowest BCUT2D eigenvalue weighted by molar-refractivity contribution is 0.0889. The highest BCUT2D eigenvalue weighted by Gasteiger charge is 2.19. The van der Waals surface area contributed by atoms with Crippen LogP contribution in [0.5, 0.6) is 0 Å². The smallest absolute Gasteiger partial charge is 0.450 e. The van der Waals surface area contributed by atoms with Gasteiger partial charge in [0.1, 0.15) is 6.61 Å². The molecule has 0 radical (unpaired) electrons. The molecule has 3 nitrogen and oxygen atoms in total. The summed E-state index contributed by atoms with van der Waals surface area (Å²) in [6, 6.07) is 28.0. The molecule has 0 heterocycles. The van der Waals surface area contributed by atoms with Crippen LogP contribution in [0, 0.1) is 0 Å². The van der Waals surface area contributed by atoms with E-state index < -0.39 is 6.16 Å². The first-order valence-electron chi connectivity index (χ1n) is 7.80. The maximum atomic E-state index is 10.9. The first-order chi connectivity index (χ1) is 11.8. The fraction of sp³-hybridized carbons (Fsp3) is 0.0952. The number of carboxylic acid groups (broad SMARTS) is 1. The monoisotopic (exact) mass is 318 g/mol. The van der Waals surface area contributed by atoms with Crippen molar-refractivity contribution in [3.05, 3.63) is 96.1 Å². The highest BCUT2D eigenvalue weighted by Crippen LogP contribution is 2.33. The second-order valence-corrected chi connectivity index (χ2v) is 5.49. The Labute approximate surface area is 141 Å². The summed E-state index contributed by atoms with van der Waals surface area (Å²) >= 11 is 0. The van der Waals surface area contributed by atoms with Crippen molar-refractivity contribution >= 4 is 6.16 Å². The maximum absolute atomic E-state index is 10.9. The molecule has 0 bridgehead atoms. The minimum atomic E-state index is -1.26. The number of carbonyl (C=O) groups is 1. The molecule has 1 N–H and O–H groups in total. The lowest BCUT2D eigenvalue weighted by Gasteiger charge is -2.20. The van der Waals surface area contributed by atoms with Gasteiger partial charge in [-0.25, -0.2) is 4.79 Å². The number of ether oxygens (including phenoxy) is 1. The zero-order valence-corrected chi connectivity index (χ0v) is 13.1. The van der Waals surface area contributed by atoms with Crippen LogP contribution in [0.3, 0.4) is 0 Å². The van der Waals surface area contributed by atoms with Crippen LogP contribution >= 0.6 is 0 Å². The fourth-order valence-corrected chi connectivity index (χ4v) is 2.89. The Morgan fingerprint density at radius 2 is 1.42 bits per heavy atom. The van der Waals surface area contributed by atoms with Crippen molar-refractivity contribution in [2.75, 3.05) is 6.61 Å². The summed E-state index contributed by atoms with van der Waals surface area (Å²) in [7, 11) is 0. The Hall–Kier alpha value is -3.07. The summed E-state index contributed by atoms with van der Waals surface area (Å²) < 4.78 is 4.92. The highest BCUT2D eigenvalue weighted by molar-refractivity contribution is 5.69. The van der Waals surface area contributed by atoms with Gasteiger partial charge >= 0.3 is 6.16 Å². The molecule has 3 aromatic rings. The van der Waals surface area contributed by atoms with E-state index in [1.54, 1.807) is 0 Å². The van der Waals surface area contributed by atoms with E-state index in [2.05, 4.69) is 18.2 Å². The molecule has 0 spiro atoms. The van der Waals surface area contributed by atoms with E-state index in [1.165, 1.54) is 0 Å². The third kappa shape index (κ3) is 3.63. The van der Waals surface area contributed by atoms with Crippen molar-refractivity contribution in [3.8, 4) is 11.1 Å². The van der Waals surface area contributed by atoms with Crippen LogP contribution in [0.2, 0.25) is 0 Å². The van der Waals surface area contributed by atoms with Crippen molar-refractivity contribution in [1.29, 1.82) is 0 Å². The number of benzene rings is 3. The van der Waals surface area contributed by atoms with Gasteiger partial charge in [-0.1, -0.05) is 84.9 Å². The first-order valence-corrected chi connectivity index (χ1v) is 7.80. The third-order valence-corrected chi connectivity index (χ3v) is 4.00. The Kier molecular flexibility index (Phi) is 4.92. The van der Waals surface area contributed by atoms with Gasteiger partial charge in [0.2, 0.25) is 0 Å². The molecule has 1 unspecified atom stereocenters. The zero-order chi connectivity index (χ0) is 16.8. The van der Waals surface area contributed by atoms with Crippen LogP contribution in [0.15, 0.2) is 84.9 Å². The molecule has 0 fully saturated rings. The minimum Gasteiger partial charge on any atom is -0.450 e. The number of rotatable bonds is 5. The van der Waals surface area contributed by atoms with E-state index in [0.717, 1.165) is 22.3 Å². The van der Waals surface area contributed by atoms with Gasteiger partial charge in [0.05, 0.1) is 0 Å². The van der Waals surface area contributed by atoms with Crippen molar-refractivity contribution in [2.45, 2.75) is 5.92 Å². The van der Waals surface area contributed by atoms with E-state index in [9.17, 15) is 4.79 Å². The zero-order valence-electron chi connectivity index (χ0n) is 13.1. The molecule has 3 rings (SSSR count). The van der Waals surface area contributed by atoms with Crippen LogP contribution < -0.4 is 0 Å². The molecule has 24 heavy (non-hydrogen) atoms. The summed E-state index contributed by atoms with van der Waals surface area (Å²) in [5.74, 6) is -0.154. The molecule has 0 aliphatic carbocycles. The third-order valence-electron chi connectivity index (χ3n) is 4.00. The lowest BCUT2D eigenvalue weighted by Crippen LogP contribution is -2.13. The molecule has 0 aromatic heterocycles. The summed E-state index contributed by atoms with van der Waals surface area (Å²) in [5, 5.41) is 8.92. The Morgan fingerprint density at radius 1 is 0.833 bits per heavy atom. The van der Waals surface area contributed by atoms with Gasteiger partial charge < -0.3 is 9.84 Å². The molecule has 3 heteroatoms. The molecule has 3 aromatic carbocycles. The quantitative estimate of drug-likeness (QED) is 0.659. The molecular formula is C21H18O3. The summed E-state index contributed by atoms with van der Waals surface area (Å²) in [5.41, 5.74) is 4.27. The molecular weight excluding hydrogens is 300 g/mol. The largest absolute Gasteiger partial charge is 0.505 e. The molecule has 0 aliphatic rings. The Morgan fingerprint density at radius 3 is 2.08 bits per heavy atom. The summed E-state index contributed by atoms with van der Waals surface area (Å²) in [6.45, 7) is 0.0865. The van der Waals surface area contributed by atoms with Gasteiger partial charge in [0.15, 0.2) is 0 Å². The topological polar surface area (TPSA) is 46.5 Å². The van der Waals surface area contributed by atoms with Gasteiger partial charge in [0, 0.05) is 5.92 Å². The van der Waals surface area contributed by atoms with Crippen molar-refractivity contribution in [2.24, 2.45) is 0 Å². The lowest BCUT2D eigenvalue weighted by atomic mass is 9.86. The maximum Gasteiger partial charge on any atom is 0.505 e. The van der Waals surface area contributed by atoms with Crippen LogP contribution in [-0.4, -0.2) is 17.9 Å². The second kappa shape index (κ2) is 7.47. The number of hydrogen-bond acceptors (Lipinski definition) is 2. The average molecular weight is 318 g/mol. The van der Waals surface area contributed by atoms with E-state index >= 15 is 0 Å². The van der Waals surface area contributed by atoms with Crippen molar-refractivity contribution < 1.29 is 14.6 Å². The van der Waals surface area contributed by atoms with E-state index in [0.29, 0.717) is 0 Å². The van der Waals surface area contributed by atoms with Crippen LogP contribution in [0.4, 0.5) is 4.79 Å². The average Bonchev–Trinajstić information content (AvgIpc) is 2.64. The van der Waals surface area contributed by atoms with Crippen LogP contribution in [-0.2, 0) is 4.74 Å². The fourth-order valence-electron chi connectivity index (χ4n) is 2.89. The standard InChI is InChI=1S/C21H18O3/c22-21(23)24-15-20(17-11-5-2-6-12-17)19-14-8-7-13-18(19)16-9-3-1-4-10-16/h1-14,20H,15H2,(H,22,23). The van der Waals surface area contributed by atoms with Gasteiger partial charge in [-0.05, 0) is 22.3 Å². The molecule has 1 atom stereocenters. The second-order valence-electron chi connectivity index (χ2n) is 5.49. The van der Waals surface area contributed by atoms with Crippen LogP contribution in [0.25, 0.3) is 11.1 Å². The Bertz CT molecular complexity index is 798. The van der Waals surface area contributed by atoms with Gasteiger partial charge in [0.25, 0.3) is 0 Å². The van der Waals surface area contributed by atoms with E-state index in [-0.39, 0.29) is 12.5 Å². The first kappa shape index (κ1) is 15.8. The molecule has 0 aliphatic heterocycles. The normalized spacial score (nSPS) is 11.7. The summed E-state index contributed by atoms with van der Waals surface area (Å²) in [6.07, 6.45) is -1.26.